The fraction of sp³-hybridized carbons (Fsp3) is 0.615. The molecule has 1 N–H and O–H groups in total. The smallest absolute Gasteiger partial charge is 0.148 e. The van der Waals surface area contributed by atoms with Crippen LogP contribution in [0.15, 0.2) is 18.6 Å². The van der Waals surface area contributed by atoms with Crippen molar-refractivity contribution in [2.24, 2.45) is 0 Å². The van der Waals surface area contributed by atoms with Gasteiger partial charge < -0.3 is 5.32 Å². The Morgan fingerprint density at radius 1 is 1.26 bits per heavy atom. The lowest BCUT2D eigenvalue weighted by Crippen LogP contribution is -2.24. The predicted octanol–water partition coefficient (Wildman–Crippen LogP) is 1.43. The van der Waals surface area contributed by atoms with Crippen molar-refractivity contribution in [1.29, 1.82) is 0 Å². The van der Waals surface area contributed by atoms with Gasteiger partial charge in [-0.2, -0.15) is 10.2 Å². The van der Waals surface area contributed by atoms with Gasteiger partial charge in [0.15, 0.2) is 0 Å². The van der Waals surface area contributed by atoms with E-state index < -0.39 is 0 Å². The molecule has 2 heterocycles. The van der Waals surface area contributed by atoms with E-state index in [9.17, 15) is 0 Å². The summed E-state index contributed by atoms with van der Waals surface area (Å²) in [5.74, 6) is 0.955. The van der Waals surface area contributed by atoms with Crippen LogP contribution in [0.4, 0.5) is 0 Å². The molecule has 6 nitrogen and oxygen atoms in total. The van der Waals surface area contributed by atoms with Crippen LogP contribution >= 0.6 is 0 Å². The summed E-state index contributed by atoms with van der Waals surface area (Å²) in [7, 11) is 0. The normalized spacial score (nSPS) is 11.4. The fourth-order valence-corrected chi connectivity index (χ4v) is 1.90. The molecule has 104 valence electrons. The molecule has 0 saturated carbocycles. The first-order valence-electron chi connectivity index (χ1n) is 6.81. The van der Waals surface area contributed by atoms with Gasteiger partial charge >= 0.3 is 0 Å². The zero-order valence-corrected chi connectivity index (χ0v) is 11.9. The molecule has 0 saturated heterocycles. The Bertz CT molecular complexity index is 499. The van der Waals surface area contributed by atoms with Gasteiger partial charge in [-0.25, -0.2) is 9.67 Å². The van der Waals surface area contributed by atoms with Crippen LogP contribution in [-0.2, 0) is 19.6 Å². The Morgan fingerprint density at radius 2 is 2.11 bits per heavy atom. The van der Waals surface area contributed by atoms with Crippen LogP contribution in [-0.4, -0.2) is 30.6 Å². The molecule has 0 fully saturated rings. The quantitative estimate of drug-likeness (QED) is 0.820. The Labute approximate surface area is 113 Å². The molecule has 0 atom stereocenters. The molecule has 0 unspecified atom stereocenters. The third-order valence-electron chi connectivity index (χ3n) is 2.92. The van der Waals surface area contributed by atoms with Gasteiger partial charge in [-0.3, -0.25) is 4.68 Å². The number of hydrogen-bond donors (Lipinski definition) is 1. The summed E-state index contributed by atoms with van der Waals surface area (Å²) >= 11 is 0. The van der Waals surface area contributed by atoms with E-state index in [0.29, 0.717) is 12.6 Å². The topological polar surface area (TPSA) is 60.6 Å². The summed E-state index contributed by atoms with van der Waals surface area (Å²) in [4.78, 5) is 4.32. The molecule has 0 aliphatic rings. The summed E-state index contributed by atoms with van der Waals surface area (Å²) in [5.41, 5.74) is 1.17. The first-order chi connectivity index (χ1) is 9.20. The molecule has 0 spiro atoms. The lowest BCUT2D eigenvalue weighted by atomic mass is 10.3. The molecule has 0 bridgehead atoms. The summed E-state index contributed by atoms with van der Waals surface area (Å²) in [5, 5.41) is 12.0. The second kappa shape index (κ2) is 6.47. The summed E-state index contributed by atoms with van der Waals surface area (Å²) in [6.07, 6.45) is 4.50. The van der Waals surface area contributed by atoms with Gasteiger partial charge in [-0.15, -0.1) is 0 Å². The van der Waals surface area contributed by atoms with E-state index in [-0.39, 0.29) is 0 Å². The van der Waals surface area contributed by atoms with Gasteiger partial charge in [-0.1, -0.05) is 20.8 Å². The van der Waals surface area contributed by atoms with Gasteiger partial charge in [0.1, 0.15) is 18.7 Å². The summed E-state index contributed by atoms with van der Waals surface area (Å²) in [6, 6.07) is 2.50. The van der Waals surface area contributed by atoms with Crippen molar-refractivity contribution in [3.05, 3.63) is 30.1 Å². The maximum Gasteiger partial charge on any atom is 0.148 e. The minimum atomic E-state index is 0.465. The maximum atomic E-state index is 4.37. The second-order valence-electron chi connectivity index (χ2n) is 4.92. The molecule has 0 amide bonds. The minimum absolute atomic E-state index is 0.465. The van der Waals surface area contributed by atoms with Crippen molar-refractivity contribution in [1.82, 2.24) is 29.9 Å². The fourth-order valence-electron chi connectivity index (χ4n) is 1.90. The average molecular weight is 262 g/mol. The van der Waals surface area contributed by atoms with Crippen molar-refractivity contribution in [2.75, 3.05) is 0 Å². The molecule has 2 rings (SSSR count). The number of nitrogens with one attached hydrogen (secondary N) is 1. The molecular formula is C13H22N6. The standard InChI is InChI=1S/C13H22N6/c1-4-7-18-13(15-10-17-18)9-19-12(5-6-16-19)8-14-11(2)3/h5-6,10-11,14H,4,7-9H2,1-3H3. The van der Waals surface area contributed by atoms with E-state index in [1.54, 1.807) is 6.33 Å². The Balaban J connectivity index is 2.06. The lowest BCUT2D eigenvalue weighted by molar-refractivity contribution is 0.512. The van der Waals surface area contributed by atoms with Crippen LogP contribution in [0.2, 0.25) is 0 Å². The van der Waals surface area contributed by atoms with Crippen LogP contribution in [0.3, 0.4) is 0 Å². The number of aromatic nitrogens is 5. The van der Waals surface area contributed by atoms with Crippen molar-refractivity contribution >= 4 is 0 Å². The first kappa shape index (κ1) is 13.7. The largest absolute Gasteiger partial charge is 0.309 e. The van der Waals surface area contributed by atoms with Crippen LogP contribution < -0.4 is 5.32 Å². The number of aryl methyl sites for hydroxylation is 1. The predicted molar refractivity (Wildman–Crippen MR) is 73.6 cm³/mol. The van der Waals surface area contributed by atoms with E-state index in [0.717, 1.165) is 25.3 Å². The zero-order valence-electron chi connectivity index (χ0n) is 11.9. The van der Waals surface area contributed by atoms with Crippen molar-refractivity contribution in [3.63, 3.8) is 0 Å². The molecule has 2 aromatic heterocycles. The monoisotopic (exact) mass is 262 g/mol. The van der Waals surface area contributed by atoms with Gasteiger partial charge in [0.2, 0.25) is 0 Å². The summed E-state index contributed by atoms with van der Waals surface area (Å²) < 4.78 is 3.92. The average Bonchev–Trinajstić information content (AvgIpc) is 2.98. The van der Waals surface area contributed by atoms with E-state index in [4.69, 9.17) is 0 Å². The SMILES string of the molecule is CCCn1ncnc1Cn1nccc1CNC(C)C. The van der Waals surface area contributed by atoms with E-state index in [1.807, 2.05) is 21.6 Å². The molecule has 0 aliphatic carbocycles. The molecule has 0 aliphatic heterocycles. The van der Waals surface area contributed by atoms with Crippen molar-refractivity contribution < 1.29 is 0 Å². The molecule has 19 heavy (non-hydrogen) atoms. The highest BCUT2D eigenvalue weighted by atomic mass is 15.4. The highest BCUT2D eigenvalue weighted by Crippen LogP contribution is 2.04. The molecular weight excluding hydrogens is 240 g/mol. The highest BCUT2D eigenvalue weighted by Gasteiger charge is 2.08. The minimum Gasteiger partial charge on any atom is -0.309 e. The highest BCUT2D eigenvalue weighted by molar-refractivity contribution is 5.02. The van der Waals surface area contributed by atoms with Crippen LogP contribution in [0.1, 0.15) is 38.7 Å². The molecule has 6 heteroatoms. The number of nitrogens with zero attached hydrogens (tertiary/aromatic N) is 5. The first-order valence-corrected chi connectivity index (χ1v) is 6.81. The maximum absolute atomic E-state index is 4.37. The molecule has 0 radical (unpaired) electrons. The molecule has 0 aromatic carbocycles. The van der Waals surface area contributed by atoms with E-state index in [2.05, 4.69) is 41.3 Å². The second-order valence-corrected chi connectivity index (χ2v) is 4.92. The third kappa shape index (κ3) is 3.64. The number of rotatable bonds is 7. The van der Waals surface area contributed by atoms with Crippen LogP contribution in [0, 0.1) is 0 Å². The lowest BCUT2D eigenvalue weighted by Gasteiger charge is -2.11. The zero-order chi connectivity index (χ0) is 13.7. The van der Waals surface area contributed by atoms with Gasteiger partial charge in [0, 0.05) is 25.3 Å². The van der Waals surface area contributed by atoms with Gasteiger partial charge in [0.25, 0.3) is 0 Å². The van der Waals surface area contributed by atoms with Crippen molar-refractivity contribution in [2.45, 2.75) is 52.9 Å². The van der Waals surface area contributed by atoms with Crippen molar-refractivity contribution in [3.8, 4) is 0 Å². The third-order valence-corrected chi connectivity index (χ3v) is 2.92. The Hall–Kier alpha value is -1.69. The Morgan fingerprint density at radius 3 is 2.84 bits per heavy atom. The number of hydrogen-bond acceptors (Lipinski definition) is 4. The Kier molecular flexibility index (Phi) is 4.68. The van der Waals surface area contributed by atoms with E-state index in [1.165, 1.54) is 5.69 Å². The van der Waals surface area contributed by atoms with E-state index >= 15 is 0 Å². The van der Waals surface area contributed by atoms with Gasteiger partial charge in [0.05, 0.1) is 5.69 Å². The summed E-state index contributed by atoms with van der Waals surface area (Å²) in [6.45, 7) is 8.80. The molecule has 2 aromatic rings. The van der Waals surface area contributed by atoms with Gasteiger partial charge in [-0.05, 0) is 12.5 Å². The van der Waals surface area contributed by atoms with Crippen LogP contribution in [0.25, 0.3) is 0 Å². The van der Waals surface area contributed by atoms with Crippen LogP contribution in [0.5, 0.6) is 0 Å².